The Balaban J connectivity index is 1.79. The third-order valence-corrected chi connectivity index (χ3v) is 4.37. The molecule has 0 unspecified atom stereocenters. The molecule has 0 N–H and O–H groups in total. The zero-order valence-corrected chi connectivity index (χ0v) is 14.4. The van der Waals surface area contributed by atoms with Crippen molar-refractivity contribution in [2.45, 2.75) is 32.0 Å². The standard InChI is InChI=1S/C17H14BrF3N2O/c1-10-2-3-11(15-8-16(18)23-24-15)6-12(10)7-14-5-4-13(9-22-14)17(19,20)21/h2-6,9,15H,7-8H2,1H3/t15-/m1/s1. The highest BCUT2D eigenvalue weighted by molar-refractivity contribution is 9.18. The average Bonchev–Trinajstić information content (AvgIpc) is 2.96. The maximum Gasteiger partial charge on any atom is 0.417 e. The molecule has 1 aromatic heterocycles. The van der Waals surface area contributed by atoms with E-state index in [0.717, 1.165) is 33.6 Å². The smallest absolute Gasteiger partial charge is 0.386 e. The van der Waals surface area contributed by atoms with Gasteiger partial charge < -0.3 is 4.84 Å². The molecule has 1 aliphatic rings. The van der Waals surface area contributed by atoms with Crippen LogP contribution in [0.5, 0.6) is 0 Å². The van der Waals surface area contributed by atoms with Gasteiger partial charge in [0.25, 0.3) is 0 Å². The van der Waals surface area contributed by atoms with E-state index in [0.29, 0.717) is 18.5 Å². The average molecular weight is 399 g/mol. The monoisotopic (exact) mass is 398 g/mol. The molecular formula is C17H14BrF3N2O. The summed E-state index contributed by atoms with van der Waals surface area (Å²) < 4.78 is 38.6. The SMILES string of the molecule is Cc1ccc([C@H]2CC(Br)=NO2)cc1Cc1ccc(C(F)(F)F)cn1. The van der Waals surface area contributed by atoms with Gasteiger partial charge in [0.05, 0.1) is 5.56 Å². The van der Waals surface area contributed by atoms with Crippen LogP contribution in [0, 0.1) is 6.92 Å². The van der Waals surface area contributed by atoms with E-state index in [1.54, 1.807) is 0 Å². The third kappa shape index (κ3) is 3.77. The van der Waals surface area contributed by atoms with Crippen LogP contribution in [0.1, 0.15) is 40.5 Å². The summed E-state index contributed by atoms with van der Waals surface area (Å²) in [6.45, 7) is 1.96. The number of benzene rings is 1. The number of aromatic nitrogens is 1. The Hall–Kier alpha value is -1.89. The van der Waals surface area contributed by atoms with Crippen LogP contribution in [-0.4, -0.2) is 9.60 Å². The van der Waals surface area contributed by atoms with Gasteiger partial charge in [-0.3, -0.25) is 4.98 Å². The minimum atomic E-state index is -4.37. The molecular weight excluding hydrogens is 385 g/mol. The highest BCUT2D eigenvalue weighted by Crippen LogP contribution is 2.31. The second kappa shape index (κ2) is 6.55. The largest absolute Gasteiger partial charge is 0.417 e. The molecule has 3 nitrogen and oxygen atoms in total. The topological polar surface area (TPSA) is 34.5 Å². The zero-order chi connectivity index (χ0) is 17.3. The van der Waals surface area contributed by atoms with Crippen molar-refractivity contribution < 1.29 is 18.0 Å². The van der Waals surface area contributed by atoms with Crippen LogP contribution in [0.15, 0.2) is 41.7 Å². The second-order valence-corrected chi connectivity index (χ2v) is 6.58. The van der Waals surface area contributed by atoms with Gasteiger partial charge in [-0.25, -0.2) is 0 Å². The molecule has 1 aliphatic heterocycles. The van der Waals surface area contributed by atoms with Gasteiger partial charge in [0, 0.05) is 24.7 Å². The fourth-order valence-corrected chi connectivity index (χ4v) is 2.88. The molecule has 0 aliphatic carbocycles. The van der Waals surface area contributed by atoms with Crippen molar-refractivity contribution in [1.82, 2.24) is 4.98 Å². The molecule has 0 saturated heterocycles. The van der Waals surface area contributed by atoms with E-state index >= 15 is 0 Å². The van der Waals surface area contributed by atoms with Gasteiger partial charge in [-0.2, -0.15) is 13.2 Å². The molecule has 24 heavy (non-hydrogen) atoms. The third-order valence-electron chi connectivity index (χ3n) is 3.90. The summed E-state index contributed by atoms with van der Waals surface area (Å²) >= 11 is 3.31. The van der Waals surface area contributed by atoms with Gasteiger partial charge in [0.15, 0.2) is 6.10 Å². The molecule has 2 heterocycles. The van der Waals surface area contributed by atoms with Crippen LogP contribution in [0.2, 0.25) is 0 Å². The van der Waals surface area contributed by atoms with Gasteiger partial charge >= 0.3 is 6.18 Å². The summed E-state index contributed by atoms with van der Waals surface area (Å²) in [4.78, 5) is 9.29. The van der Waals surface area contributed by atoms with E-state index < -0.39 is 11.7 Å². The summed E-state index contributed by atoms with van der Waals surface area (Å²) in [5.41, 5.74) is 2.90. The maximum absolute atomic E-state index is 12.6. The molecule has 0 radical (unpaired) electrons. The van der Waals surface area contributed by atoms with Crippen molar-refractivity contribution in [3.05, 3.63) is 64.5 Å². The number of hydrogen-bond donors (Lipinski definition) is 0. The first-order valence-corrected chi connectivity index (χ1v) is 8.12. The van der Waals surface area contributed by atoms with E-state index in [-0.39, 0.29) is 6.10 Å². The second-order valence-electron chi connectivity index (χ2n) is 5.66. The summed E-state index contributed by atoms with van der Waals surface area (Å²) in [5.74, 6) is 0. The number of oxime groups is 1. The summed E-state index contributed by atoms with van der Waals surface area (Å²) in [5, 5.41) is 3.88. The van der Waals surface area contributed by atoms with Crippen molar-refractivity contribution in [3.8, 4) is 0 Å². The molecule has 2 aromatic rings. The number of nitrogens with zero attached hydrogens (tertiary/aromatic N) is 2. The first-order chi connectivity index (χ1) is 11.3. The molecule has 0 fully saturated rings. The van der Waals surface area contributed by atoms with Crippen LogP contribution in [0.4, 0.5) is 13.2 Å². The zero-order valence-electron chi connectivity index (χ0n) is 12.8. The van der Waals surface area contributed by atoms with E-state index in [2.05, 4.69) is 26.1 Å². The van der Waals surface area contributed by atoms with Crippen LogP contribution >= 0.6 is 15.9 Å². The van der Waals surface area contributed by atoms with Crippen LogP contribution in [0.25, 0.3) is 0 Å². The van der Waals surface area contributed by atoms with Crippen LogP contribution < -0.4 is 0 Å². The Labute approximate surface area is 145 Å². The number of aryl methyl sites for hydroxylation is 1. The van der Waals surface area contributed by atoms with Crippen molar-refractivity contribution in [2.75, 3.05) is 0 Å². The van der Waals surface area contributed by atoms with E-state index in [1.165, 1.54) is 6.07 Å². The molecule has 0 amide bonds. The predicted molar refractivity (Wildman–Crippen MR) is 88.0 cm³/mol. The van der Waals surface area contributed by atoms with E-state index in [4.69, 9.17) is 4.84 Å². The molecule has 3 rings (SSSR count). The fraction of sp³-hybridized carbons (Fsp3) is 0.294. The molecule has 0 saturated carbocycles. The highest BCUT2D eigenvalue weighted by Gasteiger charge is 2.30. The first kappa shape index (κ1) is 17.0. The summed E-state index contributed by atoms with van der Waals surface area (Å²) in [6, 6.07) is 8.43. The Morgan fingerprint density at radius 2 is 2.04 bits per heavy atom. The van der Waals surface area contributed by atoms with Crippen molar-refractivity contribution in [3.63, 3.8) is 0 Å². The van der Waals surface area contributed by atoms with Crippen molar-refractivity contribution in [2.24, 2.45) is 5.16 Å². The molecule has 1 aromatic carbocycles. The van der Waals surface area contributed by atoms with Gasteiger partial charge in [-0.05, 0) is 51.7 Å². The molecule has 0 bridgehead atoms. The van der Waals surface area contributed by atoms with Gasteiger partial charge in [-0.1, -0.05) is 23.4 Å². The minimum absolute atomic E-state index is 0.140. The van der Waals surface area contributed by atoms with Gasteiger partial charge in [-0.15, -0.1) is 0 Å². The number of hydrogen-bond acceptors (Lipinski definition) is 3. The summed E-state index contributed by atoms with van der Waals surface area (Å²) in [7, 11) is 0. The Morgan fingerprint density at radius 3 is 2.62 bits per heavy atom. The predicted octanol–water partition coefficient (Wildman–Crippen LogP) is 5.17. The van der Waals surface area contributed by atoms with Crippen molar-refractivity contribution >= 4 is 20.6 Å². The first-order valence-electron chi connectivity index (χ1n) is 7.32. The number of halogens is 4. The lowest BCUT2D eigenvalue weighted by Crippen LogP contribution is -2.06. The maximum atomic E-state index is 12.6. The Morgan fingerprint density at radius 1 is 1.25 bits per heavy atom. The van der Waals surface area contributed by atoms with Crippen molar-refractivity contribution in [1.29, 1.82) is 0 Å². The Bertz CT molecular complexity index is 772. The fourth-order valence-electron chi connectivity index (χ4n) is 2.50. The number of pyridine rings is 1. The summed E-state index contributed by atoms with van der Waals surface area (Å²) in [6.07, 6.45) is -2.50. The number of alkyl halides is 3. The van der Waals surface area contributed by atoms with E-state index in [1.807, 2.05) is 25.1 Å². The van der Waals surface area contributed by atoms with Gasteiger partial charge in [0.2, 0.25) is 0 Å². The normalized spacial score (nSPS) is 17.5. The lowest BCUT2D eigenvalue weighted by molar-refractivity contribution is -0.137. The minimum Gasteiger partial charge on any atom is -0.386 e. The lowest BCUT2D eigenvalue weighted by Gasteiger charge is -2.13. The molecule has 0 spiro atoms. The quantitative estimate of drug-likeness (QED) is 0.714. The van der Waals surface area contributed by atoms with E-state index in [9.17, 15) is 13.2 Å². The lowest BCUT2D eigenvalue weighted by atomic mass is 9.97. The Kier molecular flexibility index (Phi) is 4.62. The van der Waals surface area contributed by atoms with Crippen LogP contribution in [0.3, 0.4) is 0 Å². The highest BCUT2D eigenvalue weighted by atomic mass is 79.9. The molecule has 126 valence electrons. The van der Waals surface area contributed by atoms with Crippen LogP contribution in [-0.2, 0) is 17.4 Å². The number of rotatable bonds is 3. The molecule has 1 atom stereocenters. The molecule has 7 heteroatoms. The van der Waals surface area contributed by atoms with Gasteiger partial charge in [0.1, 0.15) is 4.62 Å².